The molecule has 144 valence electrons. The maximum atomic E-state index is 10.4. The quantitative estimate of drug-likeness (QED) is 0.335. The van der Waals surface area contributed by atoms with Crippen molar-refractivity contribution in [3.63, 3.8) is 0 Å². The molecule has 0 aromatic rings. The summed E-state index contributed by atoms with van der Waals surface area (Å²) >= 11 is 0. The van der Waals surface area contributed by atoms with Crippen molar-refractivity contribution in [2.45, 2.75) is 105 Å². The van der Waals surface area contributed by atoms with E-state index in [0.717, 1.165) is 32.3 Å². The molecule has 0 bridgehead atoms. The smallest absolute Gasteiger partial charge is 0.191 e. The van der Waals surface area contributed by atoms with Gasteiger partial charge in [0.25, 0.3) is 0 Å². The normalized spacial score (nSPS) is 16.6. The van der Waals surface area contributed by atoms with Crippen LogP contribution in [0.3, 0.4) is 0 Å². The van der Waals surface area contributed by atoms with E-state index in [0.29, 0.717) is 11.8 Å². The Labute approximate surface area is 153 Å². The van der Waals surface area contributed by atoms with E-state index in [1.807, 2.05) is 0 Å². The second-order valence-corrected chi connectivity index (χ2v) is 14.3. The highest BCUT2D eigenvalue weighted by Crippen LogP contribution is 2.36. The molecule has 0 saturated heterocycles. The molecule has 0 aromatic heterocycles. The molecular weight excluding hydrogens is 312 g/mol. The third-order valence-corrected chi connectivity index (χ3v) is 10.2. The van der Waals surface area contributed by atoms with E-state index in [2.05, 4.69) is 67.6 Å². The summed E-state index contributed by atoms with van der Waals surface area (Å²) in [4.78, 5) is 0. The van der Waals surface area contributed by atoms with Crippen molar-refractivity contribution in [3.05, 3.63) is 11.6 Å². The number of allylic oxidation sites excluding steroid dienone is 2. The van der Waals surface area contributed by atoms with Crippen LogP contribution in [0.4, 0.5) is 0 Å². The van der Waals surface area contributed by atoms with Crippen molar-refractivity contribution in [2.75, 3.05) is 6.61 Å². The SMILES string of the molecule is CC(C)=CCC[C@@H](C)CCC(O)[C@H](C)CCO[Si](C)(C)C(C)(C)C. The van der Waals surface area contributed by atoms with E-state index in [1.54, 1.807) is 0 Å². The first-order chi connectivity index (χ1) is 10.9. The van der Waals surface area contributed by atoms with Crippen LogP contribution in [-0.2, 0) is 4.43 Å². The van der Waals surface area contributed by atoms with Crippen molar-refractivity contribution in [3.8, 4) is 0 Å². The van der Waals surface area contributed by atoms with Crippen molar-refractivity contribution in [1.82, 2.24) is 0 Å². The van der Waals surface area contributed by atoms with Gasteiger partial charge in [-0.2, -0.15) is 0 Å². The minimum Gasteiger partial charge on any atom is -0.417 e. The van der Waals surface area contributed by atoms with Gasteiger partial charge < -0.3 is 9.53 Å². The van der Waals surface area contributed by atoms with Crippen LogP contribution in [-0.4, -0.2) is 26.1 Å². The lowest BCUT2D eigenvalue weighted by atomic mass is 9.92. The van der Waals surface area contributed by atoms with Gasteiger partial charge in [0.05, 0.1) is 6.10 Å². The summed E-state index contributed by atoms with van der Waals surface area (Å²) in [6, 6.07) is 0. The summed E-state index contributed by atoms with van der Waals surface area (Å²) in [6.45, 7) is 21.0. The number of aliphatic hydroxyl groups excluding tert-OH is 1. The second-order valence-electron chi connectivity index (χ2n) is 9.48. The van der Waals surface area contributed by atoms with Crippen LogP contribution in [0.2, 0.25) is 18.1 Å². The fourth-order valence-corrected chi connectivity index (χ4v) is 3.51. The molecule has 0 aliphatic carbocycles. The zero-order chi connectivity index (χ0) is 19.0. The molecule has 3 atom stereocenters. The molecule has 0 spiro atoms. The minimum atomic E-state index is -1.65. The maximum Gasteiger partial charge on any atom is 0.191 e. The Morgan fingerprint density at radius 1 is 1.04 bits per heavy atom. The van der Waals surface area contributed by atoms with Gasteiger partial charge >= 0.3 is 0 Å². The molecule has 0 rings (SSSR count). The summed E-state index contributed by atoms with van der Waals surface area (Å²) < 4.78 is 6.24. The van der Waals surface area contributed by atoms with E-state index in [-0.39, 0.29) is 11.1 Å². The Balaban J connectivity index is 4.03. The molecule has 0 aliphatic rings. The zero-order valence-electron chi connectivity index (χ0n) is 17.9. The fraction of sp³-hybridized carbons (Fsp3) is 0.905. The van der Waals surface area contributed by atoms with E-state index >= 15 is 0 Å². The van der Waals surface area contributed by atoms with Crippen molar-refractivity contribution < 1.29 is 9.53 Å². The molecular formula is C21H44O2Si. The number of hydrogen-bond acceptors (Lipinski definition) is 2. The Morgan fingerprint density at radius 2 is 1.62 bits per heavy atom. The van der Waals surface area contributed by atoms with Gasteiger partial charge in [-0.1, -0.05) is 46.3 Å². The Bertz CT molecular complexity index is 365. The lowest BCUT2D eigenvalue weighted by Crippen LogP contribution is -2.41. The molecule has 24 heavy (non-hydrogen) atoms. The number of rotatable bonds is 11. The molecule has 0 amide bonds. The van der Waals surface area contributed by atoms with Gasteiger partial charge in [0.15, 0.2) is 8.32 Å². The molecule has 3 heteroatoms. The summed E-state index contributed by atoms with van der Waals surface area (Å²) in [5.41, 5.74) is 1.40. The Hall–Kier alpha value is -0.123. The van der Waals surface area contributed by atoms with Crippen LogP contribution in [0.1, 0.15) is 80.6 Å². The van der Waals surface area contributed by atoms with Crippen LogP contribution < -0.4 is 0 Å². The molecule has 0 heterocycles. The maximum absolute atomic E-state index is 10.4. The minimum absolute atomic E-state index is 0.195. The number of hydrogen-bond donors (Lipinski definition) is 1. The van der Waals surface area contributed by atoms with E-state index in [1.165, 1.54) is 12.0 Å². The molecule has 2 nitrogen and oxygen atoms in total. The first kappa shape index (κ1) is 23.9. The van der Waals surface area contributed by atoms with Gasteiger partial charge in [0.1, 0.15) is 0 Å². The van der Waals surface area contributed by atoms with Crippen molar-refractivity contribution in [2.24, 2.45) is 11.8 Å². The van der Waals surface area contributed by atoms with Crippen LogP contribution in [0.5, 0.6) is 0 Å². The van der Waals surface area contributed by atoms with Gasteiger partial charge in [0, 0.05) is 6.61 Å². The third-order valence-electron chi connectivity index (χ3n) is 5.67. The van der Waals surface area contributed by atoms with Crippen molar-refractivity contribution in [1.29, 1.82) is 0 Å². The third kappa shape index (κ3) is 10.0. The highest BCUT2D eigenvalue weighted by molar-refractivity contribution is 6.74. The summed E-state index contributed by atoms with van der Waals surface area (Å²) in [5.74, 6) is 1.01. The predicted octanol–water partition coefficient (Wildman–Crippen LogP) is 6.56. The first-order valence-corrected chi connectivity index (χ1v) is 12.7. The monoisotopic (exact) mass is 356 g/mol. The van der Waals surface area contributed by atoms with Gasteiger partial charge in [-0.3, -0.25) is 0 Å². The first-order valence-electron chi connectivity index (χ1n) is 9.82. The molecule has 0 fully saturated rings. The summed E-state index contributed by atoms with van der Waals surface area (Å²) in [5, 5.41) is 10.7. The average molecular weight is 357 g/mol. The van der Waals surface area contributed by atoms with Crippen molar-refractivity contribution >= 4 is 8.32 Å². The molecule has 1 N–H and O–H groups in total. The fourth-order valence-electron chi connectivity index (χ4n) is 2.45. The van der Waals surface area contributed by atoms with Crippen LogP contribution in [0, 0.1) is 11.8 Å². The van der Waals surface area contributed by atoms with Gasteiger partial charge in [-0.15, -0.1) is 0 Å². The zero-order valence-corrected chi connectivity index (χ0v) is 18.9. The molecule has 0 radical (unpaired) electrons. The van der Waals surface area contributed by atoms with Crippen LogP contribution >= 0.6 is 0 Å². The molecule has 1 unspecified atom stereocenters. The molecule has 0 aromatic carbocycles. The van der Waals surface area contributed by atoms with E-state index in [9.17, 15) is 5.11 Å². The standard InChI is InChI=1S/C21H44O2Si/c1-17(2)11-10-12-18(3)13-14-20(22)19(4)15-16-23-24(8,9)21(5,6)7/h11,18-20,22H,10,12-16H2,1-9H3/t18-,19-,20?/m1/s1. The van der Waals surface area contributed by atoms with Crippen LogP contribution in [0.15, 0.2) is 11.6 Å². The predicted molar refractivity (Wildman–Crippen MR) is 110 cm³/mol. The van der Waals surface area contributed by atoms with Gasteiger partial charge in [-0.05, 0) is 75.9 Å². The summed E-state index contributed by atoms with van der Waals surface area (Å²) in [7, 11) is -1.65. The number of aliphatic hydroxyl groups is 1. The lowest BCUT2D eigenvalue weighted by Gasteiger charge is -2.36. The highest BCUT2D eigenvalue weighted by Gasteiger charge is 2.37. The van der Waals surface area contributed by atoms with E-state index < -0.39 is 8.32 Å². The average Bonchev–Trinajstić information content (AvgIpc) is 2.42. The molecule has 0 saturated carbocycles. The second kappa shape index (κ2) is 10.8. The Morgan fingerprint density at radius 3 is 2.12 bits per heavy atom. The highest BCUT2D eigenvalue weighted by atomic mass is 28.4. The van der Waals surface area contributed by atoms with Gasteiger partial charge in [-0.25, -0.2) is 0 Å². The van der Waals surface area contributed by atoms with Gasteiger partial charge in [0.2, 0.25) is 0 Å². The largest absolute Gasteiger partial charge is 0.417 e. The Kier molecular flexibility index (Phi) is 10.7. The van der Waals surface area contributed by atoms with Crippen LogP contribution in [0.25, 0.3) is 0 Å². The van der Waals surface area contributed by atoms with E-state index in [4.69, 9.17) is 4.43 Å². The topological polar surface area (TPSA) is 29.5 Å². The summed E-state index contributed by atoms with van der Waals surface area (Å²) in [6.07, 6.45) is 7.49. The lowest BCUT2D eigenvalue weighted by molar-refractivity contribution is 0.0859. The molecule has 0 aliphatic heterocycles.